The highest BCUT2D eigenvalue weighted by atomic mass is 16.5. The highest BCUT2D eigenvalue weighted by molar-refractivity contribution is 5.65. The topological polar surface area (TPSA) is 38.3 Å². The first-order valence-electron chi connectivity index (χ1n) is 5.11. The van der Waals surface area contributed by atoms with Crippen molar-refractivity contribution in [3.8, 4) is 0 Å². The molecule has 3 fully saturated rings. The Balaban J connectivity index is 1.68. The van der Waals surface area contributed by atoms with Crippen molar-refractivity contribution in [1.82, 2.24) is 5.32 Å². The lowest BCUT2D eigenvalue weighted by atomic mass is 9.61. The minimum absolute atomic E-state index is 0.150. The number of ether oxygens (including phenoxy) is 1. The largest absolute Gasteiger partial charge is 0.466 e. The van der Waals surface area contributed by atoms with Gasteiger partial charge in [-0.3, -0.25) is 4.79 Å². The first kappa shape index (κ1) is 9.00. The van der Waals surface area contributed by atoms with Crippen molar-refractivity contribution < 1.29 is 9.53 Å². The molecular formula is C10H17NO2. The van der Waals surface area contributed by atoms with Crippen molar-refractivity contribution in [3.63, 3.8) is 0 Å². The number of piperidine rings is 2. The lowest BCUT2D eigenvalue weighted by Gasteiger charge is -2.49. The Kier molecular flexibility index (Phi) is 2.54. The van der Waals surface area contributed by atoms with Crippen LogP contribution in [-0.4, -0.2) is 25.7 Å². The van der Waals surface area contributed by atoms with Gasteiger partial charge in [0.15, 0.2) is 0 Å². The number of esters is 1. The van der Waals surface area contributed by atoms with Gasteiger partial charge in [-0.05, 0) is 43.7 Å². The summed E-state index contributed by atoms with van der Waals surface area (Å²) in [6, 6.07) is 0. The Bertz CT molecular complexity index is 191. The molecule has 3 rings (SSSR count). The molecule has 13 heavy (non-hydrogen) atoms. The zero-order valence-electron chi connectivity index (χ0n) is 8.08. The van der Waals surface area contributed by atoms with Crippen molar-refractivity contribution in [3.05, 3.63) is 0 Å². The predicted octanol–water partition coefficient (Wildman–Crippen LogP) is 0.795. The molecule has 2 heterocycles. The molecule has 1 N–H and O–H groups in total. The SMILES string of the molecule is CC(=O)OCCC1[C@@H]2CNC[C@H]1C2. The monoisotopic (exact) mass is 183 g/mol. The van der Waals surface area contributed by atoms with Crippen LogP contribution in [0.25, 0.3) is 0 Å². The van der Waals surface area contributed by atoms with Crippen LogP contribution >= 0.6 is 0 Å². The van der Waals surface area contributed by atoms with Gasteiger partial charge >= 0.3 is 5.97 Å². The van der Waals surface area contributed by atoms with E-state index in [1.807, 2.05) is 0 Å². The van der Waals surface area contributed by atoms with E-state index in [-0.39, 0.29) is 5.97 Å². The quantitative estimate of drug-likeness (QED) is 0.658. The van der Waals surface area contributed by atoms with E-state index in [9.17, 15) is 4.79 Å². The Morgan fingerprint density at radius 3 is 2.69 bits per heavy atom. The highest BCUT2D eigenvalue weighted by Crippen LogP contribution is 2.44. The number of hydrogen-bond donors (Lipinski definition) is 1. The summed E-state index contributed by atoms with van der Waals surface area (Å²) in [5, 5.41) is 3.41. The van der Waals surface area contributed by atoms with Gasteiger partial charge in [-0.25, -0.2) is 0 Å². The molecule has 3 aliphatic rings. The summed E-state index contributed by atoms with van der Waals surface area (Å²) < 4.78 is 4.95. The van der Waals surface area contributed by atoms with Crippen molar-refractivity contribution in [2.24, 2.45) is 17.8 Å². The second kappa shape index (κ2) is 3.66. The molecule has 0 spiro atoms. The number of nitrogens with one attached hydrogen (secondary N) is 1. The molecule has 3 heteroatoms. The van der Waals surface area contributed by atoms with Crippen molar-refractivity contribution in [1.29, 1.82) is 0 Å². The highest BCUT2D eigenvalue weighted by Gasteiger charge is 2.42. The molecule has 74 valence electrons. The van der Waals surface area contributed by atoms with E-state index in [1.165, 1.54) is 26.4 Å². The summed E-state index contributed by atoms with van der Waals surface area (Å²) in [5.74, 6) is 2.38. The lowest BCUT2D eigenvalue weighted by molar-refractivity contribution is -0.142. The standard InChI is InChI=1S/C10H17NO2/c1-7(12)13-3-2-10-8-4-9(10)6-11-5-8/h8-11H,2-6H2,1H3/t8-,9+,10?. The fourth-order valence-corrected chi connectivity index (χ4v) is 2.66. The summed E-state index contributed by atoms with van der Waals surface area (Å²) >= 11 is 0. The number of carbonyl (C=O) groups is 1. The third kappa shape index (κ3) is 1.85. The summed E-state index contributed by atoms with van der Waals surface area (Å²) in [6.07, 6.45) is 2.45. The summed E-state index contributed by atoms with van der Waals surface area (Å²) in [5.41, 5.74) is 0. The third-order valence-electron chi connectivity index (χ3n) is 3.39. The number of fused-ring (bicyclic) bond motifs is 2. The number of rotatable bonds is 3. The summed E-state index contributed by atoms with van der Waals surface area (Å²) in [4.78, 5) is 10.5. The van der Waals surface area contributed by atoms with Crippen LogP contribution in [0.3, 0.4) is 0 Å². The maximum atomic E-state index is 10.5. The minimum Gasteiger partial charge on any atom is -0.466 e. The average molecular weight is 183 g/mol. The Morgan fingerprint density at radius 1 is 1.46 bits per heavy atom. The molecular weight excluding hydrogens is 166 g/mol. The molecule has 2 saturated heterocycles. The molecule has 1 saturated carbocycles. The molecule has 0 aromatic rings. The van der Waals surface area contributed by atoms with E-state index in [1.54, 1.807) is 0 Å². The molecule has 0 amide bonds. The van der Waals surface area contributed by atoms with E-state index in [0.717, 1.165) is 24.2 Å². The van der Waals surface area contributed by atoms with Crippen LogP contribution in [0.4, 0.5) is 0 Å². The van der Waals surface area contributed by atoms with Crippen molar-refractivity contribution in [2.75, 3.05) is 19.7 Å². The van der Waals surface area contributed by atoms with Gasteiger partial charge in [-0.2, -0.15) is 0 Å². The number of hydrogen-bond acceptors (Lipinski definition) is 3. The normalized spacial score (nSPS) is 36.5. The second-order valence-corrected chi connectivity index (χ2v) is 4.21. The van der Waals surface area contributed by atoms with Gasteiger partial charge in [0.05, 0.1) is 6.61 Å². The summed E-state index contributed by atoms with van der Waals surface area (Å²) in [6.45, 7) is 4.43. The van der Waals surface area contributed by atoms with Crippen LogP contribution in [0.1, 0.15) is 19.8 Å². The molecule has 2 aliphatic heterocycles. The fourth-order valence-electron chi connectivity index (χ4n) is 2.66. The minimum atomic E-state index is -0.150. The van der Waals surface area contributed by atoms with Crippen molar-refractivity contribution in [2.45, 2.75) is 19.8 Å². The van der Waals surface area contributed by atoms with Crippen LogP contribution in [0.2, 0.25) is 0 Å². The smallest absolute Gasteiger partial charge is 0.302 e. The van der Waals surface area contributed by atoms with E-state index in [2.05, 4.69) is 5.32 Å². The van der Waals surface area contributed by atoms with E-state index in [4.69, 9.17) is 4.74 Å². The molecule has 2 bridgehead atoms. The van der Waals surface area contributed by atoms with Gasteiger partial charge < -0.3 is 10.1 Å². The maximum Gasteiger partial charge on any atom is 0.302 e. The second-order valence-electron chi connectivity index (χ2n) is 4.21. The molecule has 0 radical (unpaired) electrons. The first-order chi connectivity index (χ1) is 6.27. The fraction of sp³-hybridized carbons (Fsp3) is 0.900. The molecule has 1 aliphatic carbocycles. The van der Waals surface area contributed by atoms with Crippen LogP contribution in [0, 0.1) is 17.8 Å². The average Bonchev–Trinajstić information content (AvgIpc) is 2.13. The van der Waals surface area contributed by atoms with Crippen LogP contribution in [-0.2, 0) is 9.53 Å². The lowest BCUT2D eigenvalue weighted by Crippen LogP contribution is -2.53. The maximum absolute atomic E-state index is 10.5. The molecule has 1 unspecified atom stereocenters. The van der Waals surface area contributed by atoms with Gasteiger partial charge in [-0.15, -0.1) is 0 Å². The Hall–Kier alpha value is -0.570. The van der Waals surface area contributed by atoms with Gasteiger partial charge in [0.25, 0.3) is 0 Å². The van der Waals surface area contributed by atoms with Gasteiger partial charge in [0.1, 0.15) is 0 Å². The van der Waals surface area contributed by atoms with E-state index >= 15 is 0 Å². The first-order valence-corrected chi connectivity index (χ1v) is 5.11. The molecule has 3 atom stereocenters. The summed E-state index contributed by atoms with van der Waals surface area (Å²) in [7, 11) is 0. The zero-order chi connectivity index (χ0) is 9.26. The molecule has 0 aromatic heterocycles. The van der Waals surface area contributed by atoms with Crippen LogP contribution in [0.5, 0.6) is 0 Å². The molecule has 0 aromatic carbocycles. The Labute approximate surface area is 78.8 Å². The van der Waals surface area contributed by atoms with Crippen LogP contribution < -0.4 is 5.32 Å². The van der Waals surface area contributed by atoms with Gasteiger partial charge in [0.2, 0.25) is 0 Å². The third-order valence-corrected chi connectivity index (χ3v) is 3.39. The van der Waals surface area contributed by atoms with Crippen LogP contribution in [0.15, 0.2) is 0 Å². The van der Waals surface area contributed by atoms with Crippen molar-refractivity contribution >= 4 is 5.97 Å². The Morgan fingerprint density at radius 2 is 2.15 bits per heavy atom. The van der Waals surface area contributed by atoms with Gasteiger partial charge in [-0.1, -0.05) is 0 Å². The predicted molar refractivity (Wildman–Crippen MR) is 49.2 cm³/mol. The number of carbonyl (C=O) groups excluding carboxylic acids is 1. The van der Waals surface area contributed by atoms with Gasteiger partial charge in [0, 0.05) is 6.92 Å². The molecule has 3 nitrogen and oxygen atoms in total. The van der Waals surface area contributed by atoms with E-state index in [0.29, 0.717) is 6.61 Å². The zero-order valence-corrected chi connectivity index (χ0v) is 8.08. The van der Waals surface area contributed by atoms with E-state index < -0.39 is 0 Å².